The normalized spacial score (nSPS) is 12.8. The topological polar surface area (TPSA) is 16.8 Å². The van der Waals surface area contributed by atoms with Gasteiger partial charge in [-0.3, -0.25) is 0 Å². The molecular weight excluding hydrogens is 480 g/mol. The Balaban J connectivity index is 2.05. The van der Waals surface area contributed by atoms with Crippen molar-refractivity contribution >= 4 is 40.1 Å². The van der Waals surface area contributed by atoms with Gasteiger partial charge in [-0.1, -0.05) is 0 Å². The van der Waals surface area contributed by atoms with Gasteiger partial charge in [-0.15, -0.1) is 0 Å². The fraction of sp³-hybridized carbons (Fsp3) is 0.407. The summed E-state index contributed by atoms with van der Waals surface area (Å²) in [6.07, 6.45) is 3.28. The van der Waals surface area contributed by atoms with E-state index in [2.05, 4.69) is 103 Å². The van der Waals surface area contributed by atoms with Gasteiger partial charge in [0.1, 0.15) is 0 Å². The molecule has 0 saturated carbocycles. The molecule has 0 radical (unpaired) electrons. The molecule has 0 spiro atoms. The van der Waals surface area contributed by atoms with E-state index in [1.807, 2.05) is 0 Å². The first-order valence-corrected chi connectivity index (χ1v) is 13.1. The van der Waals surface area contributed by atoms with Crippen molar-refractivity contribution in [3.05, 3.63) is 57.4 Å². The average molecular weight is 513 g/mol. The van der Waals surface area contributed by atoms with E-state index >= 15 is 0 Å². The summed E-state index contributed by atoms with van der Waals surface area (Å²) in [6.45, 7) is 16.2. The molecule has 3 heteroatoms. The third-order valence-corrected chi connectivity index (χ3v) is 8.86. The van der Waals surface area contributed by atoms with Crippen LogP contribution in [0.15, 0.2) is 42.6 Å². The fourth-order valence-corrected chi connectivity index (χ4v) is 8.46. The van der Waals surface area contributed by atoms with Gasteiger partial charge in [0.2, 0.25) is 0 Å². The van der Waals surface area contributed by atoms with E-state index in [-0.39, 0.29) is 10.8 Å². The van der Waals surface area contributed by atoms with Gasteiger partial charge in [0, 0.05) is 0 Å². The van der Waals surface area contributed by atoms with Crippen LogP contribution < -0.4 is 4.57 Å². The van der Waals surface area contributed by atoms with Gasteiger partial charge in [-0.05, 0) is 0 Å². The standard InChI is InChI=1S/C27H33N2Te/c1-17-18-11-9-10-12-19(18)21(27(5,6)7)15-20(17)24-25-22(13-14-29(24)8)28-23(30-25)16-26(2,3)4/h9-15H,16H2,1-8H3/q+1. The van der Waals surface area contributed by atoms with E-state index in [0.717, 1.165) is 6.42 Å². The SMILES string of the molecule is Cc1c(-c2c3[te]c(CC(C)(C)C)nc3cc[n+]2C)cc(C(C)(C)C)c2ccccc12. The van der Waals surface area contributed by atoms with E-state index in [9.17, 15) is 0 Å². The zero-order valence-electron chi connectivity index (χ0n) is 19.6. The van der Waals surface area contributed by atoms with Crippen LogP contribution >= 0.6 is 0 Å². The molecule has 2 nitrogen and oxygen atoms in total. The summed E-state index contributed by atoms with van der Waals surface area (Å²) in [4.78, 5) is 5.09. The average Bonchev–Trinajstić information content (AvgIpc) is 3.02. The number of rotatable bonds is 2. The number of fused-ring (bicyclic) bond motifs is 2. The minimum atomic E-state index is -0.457. The summed E-state index contributed by atoms with van der Waals surface area (Å²) in [5, 5.41) is 2.74. The van der Waals surface area contributed by atoms with E-state index in [4.69, 9.17) is 4.98 Å². The number of aryl methyl sites for hydroxylation is 2. The Morgan fingerprint density at radius 1 is 0.967 bits per heavy atom. The van der Waals surface area contributed by atoms with Crippen LogP contribution in [0.1, 0.15) is 56.4 Å². The number of nitrogens with zero attached hydrogens (tertiary/aromatic N) is 2. The van der Waals surface area contributed by atoms with Gasteiger partial charge < -0.3 is 0 Å². The van der Waals surface area contributed by atoms with Crippen molar-refractivity contribution in [1.82, 2.24) is 4.98 Å². The molecule has 4 aromatic rings. The molecule has 2 heterocycles. The Morgan fingerprint density at radius 2 is 1.63 bits per heavy atom. The molecule has 156 valence electrons. The quantitative estimate of drug-likeness (QED) is 0.233. The van der Waals surface area contributed by atoms with Gasteiger partial charge in [0.25, 0.3) is 0 Å². The molecule has 0 saturated heterocycles. The van der Waals surface area contributed by atoms with Gasteiger partial charge >= 0.3 is 191 Å². The molecule has 0 unspecified atom stereocenters. The molecule has 0 N–H and O–H groups in total. The van der Waals surface area contributed by atoms with Crippen LogP contribution in [0, 0.1) is 12.3 Å². The summed E-state index contributed by atoms with van der Waals surface area (Å²) < 4.78 is 5.26. The summed E-state index contributed by atoms with van der Waals surface area (Å²) in [7, 11) is 2.19. The Morgan fingerprint density at radius 3 is 2.27 bits per heavy atom. The van der Waals surface area contributed by atoms with Crippen LogP contribution in [-0.2, 0) is 18.9 Å². The second-order valence-corrected chi connectivity index (χ2v) is 13.8. The molecule has 0 amide bonds. The van der Waals surface area contributed by atoms with Crippen molar-refractivity contribution in [1.29, 1.82) is 0 Å². The van der Waals surface area contributed by atoms with Gasteiger partial charge in [0.05, 0.1) is 0 Å². The van der Waals surface area contributed by atoms with E-state index in [1.54, 1.807) is 0 Å². The summed E-state index contributed by atoms with van der Waals surface area (Å²) >= 11 is -0.457. The number of pyridine rings is 1. The van der Waals surface area contributed by atoms with Crippen molar-refractivity contribution in [3.63, 3.8) is 0 Å². The maximum atomic E-state index is 5.09. The van der Waals surface area contributed by atoms with E-state index in [1.165, 1.54) is 45.8 Å². The van der Waals surface area contributed by atoms with Crippen LogP contribution in [0.2, 0.25) is 0 Å². The molecule has 2 aromatic heterocycles. The van der Waals surface area contributed by atoms with Crippen LogP contribution in [0.4, 0.5) is 0 Å². The van der Waals surface area contributed by atoms with Crippen LogP contribution in [-0.4, -0.2) is 25.4 Å². The Hall–Kier alpha value is -1.69. The van der Waals surface area contributed by atoms with Crippen molar-refractivity contribution in [3.8, 4) is 11.3 Å². The number of hydrogen-bond acceptors (Lipinski definition) is 1. The van der Waals surface area contributed by atoms with Crippen LogP contribution in [0.3, 0.4) is 0 Å². The summed E-state index contributed by atoms with van der Waals surface area (Å²) in [6, 6.07) is 13.6. The Labute approximate surface area is 190 Å². The summed E-state index contributed by atoms with van der Waals surface area (Å²) in [5.41, 5.74) is 7.11. The maximum absolute atomic E-state index is 5.09. The van der Waals surface area contributed by atoms with Crippen molar-refractivity contribution in [2.45, 2.75) is 60.3 Å². The minimum absolute atomic E-state index is 0.0865. The fourth-order valence-electron chi connectivity index (χ4n) is 4.31. The zero-order valence-corrected chi connectivity index (χ0v) is 21.9. The number of aromatic nitrogens is 2. The monoisotopic (exact) mass is 515 g/mol. The van der Waals surface area contributed by atoms with Crippen molar-refractivity contribution < 1.29 is 4.57 Å². The van der Waals surface area contributed by atoms with E-state index < -0.39 is 20.4 Å². The molecule has 4 rings (SSSR count). The third kappa shape index (κ3) is 3.95. The Kier molecular flexibility index (Phi) is 5.36. The number of hydrogen-bond donors (Lipinski definition) is 0. The first-order chi connectivity index (χ1) is 14.0. The molecule has 0 aliphatic heterocycles. The molecular formula is C27H33N2Te+. The summed E-state index contributed by atoms with van der Waals surface area (Å²) in [5.74, 6) is 0. The van der Waals surface area contributed by atoms with Gasteiger partial charge in [0.15, 0.2) is 0 Å². The molecule has 0 atom stereocenters. The van der Waals surface area contributed by atoms with Crippen molar-refractivity contribution in [2.24, 2.45) is 12.5 Å². The van der Waals surface area contributed by atoms with Gasteiger partial charge in [-0.25, -0.2) is 0 Å². The number of benzene rings is 2. The molecule has 2 aromatic carbocycles. The second-order valence-electron chi connectivity index (χ2n) is 10.7. The van der Waals surface area contributed by atoms with Crippen molar-refractivity contribution in [2.75, 3.05) is 0 Å². The van der Waals surface area contributed by atoms with E-state index in [0.29, 0.717) is 0 Å². The molecule has 30 heavy (non-hydrogen) atoms. The van der Waals surface area contributed by atoms with Crippen LogP contribution in [0.5, 0.6) is 0 Å². The first-order valence-electron chi connectivity index (χ1n) is 10.8. The Bertz CT molecular complexity index is 1250. The zero-order chi connectivity index (χ0) is 21.8. The predicted molar refractivity (Wildman–Crippen MR) is 129 cm³/mol. The molecule has 0 fully saturated rings. The third-order valence-electron chi connectivity index (χ3n) is 5.78. The molecule has 0 aliphatic rings. The predicted octanol–water partition coefficient (Wildman–Crippen LogP) is 6.13. The second kappa shape index (κ2) is 7.47. The van der Waals surface area contributed by atoms with Gasteiger partial charge in [-0.2, -0.15) is 0 Å². The van der Waals surface area contributed by atoms with Crippen LogP contribution in [0.25, 0.3) is 30.9 Å². The molecule has 0 bridgehead atoms. The molecule has 0 aliphatic carbocycles. The first kappa shape index (κ1) is 21.5.